The molecule has 0 aliphatic carbocycles. The summed E-state index contributed by atoms with van der Waals surface area (Å²) in [5.41, 5.74) is -1.72. The van der Waals surface area contributed by atoms with Crippen molar-refractivity contribution in [2.24, 2.45) is 0 Å². The van der Waals surface area contributed by atoms with Gasteiger partial charge < -0.3 is 10.2 Å². The van der Waals surface area contributed by atoms with E-state index in [9.17, 15) is 40.0 Å². The smallest absolute Gasteiger partial charge is 0.871 e. The van der Waals surface area contributed by atoms with Gasteiger partial charge >= 0.3 is 17.1 Å². The molecule has 0 fully saturated rings. The fraction of sp³-hybridized carbons (Fsp3) is 0.400. The zero-order chi connectivity index (χ0) is 16.6. The van der Waals surface area contributed by atoms with Crippen LogP contribution in [-0.2, 0) is 26.7 Å². The van der Waals surface area contributed by atoms with Crippen LogP contribution < -0.4 is 10.2 Å². The van der Waals surface area contributed by atoms with E-state index in [-0.39, 0.29) is 17.1 Å². The number of allylic oxidation sites excluding steroid dienone is 4. The first kappa shape index (κ1) is 23.8. The summed E-state index contributed by atoms with van der Waals surface area (Å²) in [6.45, 7) is 3.94. The average Bonchev–Trinajstić information content (AvgIpc) is 2.12. The Kier molecular flexibility index (Phi) is 11.9. The Balaban J connectivity index is -0.000000295. The number of nitrogens with zero attached hydrogens (tertiary/aromatic N) is 2. The number of nitro groups is 2. The molecule has 0 aromatic carbocycles. The van der Waals surface area contributed by atoms with E-state index >= 15 is 0 Å². The Bertz CT molecular complexity index is 423. The van der Waals surface area contributed by atoms with Crippen molar-refractivity contribution in [1.29, 1.82) is 0 Å². The van der Waals surface area contributed by atoms with Gasteiger partial charge in [0.15, 0.2) is 0 Å². The molecule has 0 unspecified atom stereocenters. The molecular formula is C10H12CuN2O8. The number of hydrogen-bond donors (Lipinski definition) is 0. The van der Waals surface area contributed by atoms with Crippen molar-refractivity contribution >= 4 is 11.6 Å². The van der Waals surface area contributed by atoms with Gasteiger partial charge in [0.25, 0.3) is 11.4 Å². The Morgan fingerprint density at radius 3 is 0.905 bits per heavy atom. The second-order valence-electron chi connectivity index (χ2n) is 3.44. The first-order chi connectivity index (χ1) is 8.93. The molecule has 121 valence electrons. The molecule has 1 radical (unpaired) electrons. The normalized spacial score (nSPS) is 11.6. The standard InChI is InChI=1S/2C5H7NO4.Cu/c2*1-3(7)5(4(2)8)6(9)10;/h2*7H,1-2H3;/q;;+2/p-2. The molecular weight excluding hydrogens is 340 g/mol. The van der Waals surface area contributed by atoms with Gasteiger partial charge in [-0.1, -0.05) is 11.5 Å². The van der Waals surface area contributed by atoms with Crippen LogP contribution in [0.25, 0.3) is 0 Å². The Morgan fingerprint density at radius 2 is 0.905 bits per heavy atom. The van der Waals surface area contributed by atoms with Crippen molar-refractivity contribution < 1.29 is 46.7 Å². The zero-order valence-electron chi connectivity index (χ0n) is 11.5. The Labute approximate surface area is 129 Å². The van der Waals surface area contributed by atoms with Gasteiger partial charge in [0.05, 0.1) is 9.85 Å². The van der Waals surface area contributed by atoms with Gasteiger partial charge in [-0.05, 0) is 13.8 Å². The fourth-order valence-electron chi connectivity index (χ4n) is 1.01. The summed E-state index contributed by atoms with van der Waals surface area (Å²) >= 11 is 0. The SMILES string of the molecule is CC(=O)C(=C(C)[O-])[N+](=O)[O-].CC(=O)C(=C(C)[O-])[N+](=O)[O-].[Cu+2]. The molecule has 0 saturated carbocycles. The van der Waals surface area contributed by atoms with Crippen LogP contribution in [0.2, 0.25) is 0 Å². The van der Waals surface area contributed by atoms with E-state index in [2.05, 4.69) is 0 Å². The first-order valence-electron chi connectivity index (χ1n) is 4.99. The summed E-state index contributed by atoms with van der Waals surface area (Å²) in [6, 6.07) is 0. The summed E-state index contributed by atoms with van der Waals surface area (Å²) < 4.78 is 0. The molecule has 0 aliphatic heterocycles. The quantitative estimate of drug-likeness (QED) is 0.202. The van der Waals surface area contributed by atoms with Gasteiger partial charge in [-0.2, -0.15) is 0 Å². The summed E-state index contributed by atoms with van der Waals surface area (Å²) in [6.07, 6.45) is 0. The summed E-state index contributed by atoms with van der Waals surface area (Å²) in [5, 5.41) is 40.5. The third-order valence-corrected chi connectivity index (χ3v) is 1.70. The van der Waals surface area contributed by atoms with Crippen molar-refractivity contribution in [2.75, 3.05) is 0 Å². The van der Waals surface area contributed by atoms with Crippen molar-refractivity contribution in [3.63, 3.8) is 0 Å². The monoisotopic (exact) mass is 351 g/mol. The molecule has 0 bridgehead atoms. The first-order valence-corrected chi connectivity index (χ1v) is 4.99. The third kappa shape index (κ3) is 9.30. The molecule has 0 saturated heterocycles. The van der Waals surface area contributed by atoms with Gasteiger partial charge in [-0.15, -0.1) is 0 Å². The molecule has 10 nitrogen and oxygen atoms in total. The predicted molar refractivity (Wildman–Crippen MR) is 60.8 cm³/mol. The number of rotatable bonds is 4. The van der Waals surface area contributed by atoms with Crippen LogP contribution in [0.4, 0.5) is 0 Å². The van der Waals surface area contributed by atoms with E-state index in [1.54, 1.807) is 0 Å². The summed E-state index contributed by atoms with van der Waals surface area (Å²) in [7, 11) is 0. The minimum absolute atomic E-state index is 0. The van der Waals surface area contributed by atoms with Gasteiger partial charge in [0.1, 0.15) is 0 Å². The average molecular weight is 352 g/mol. The van der Waals surface area contributed by atoms with Crippen LogP contribution >= 0.6 is 0 Å². The maximum atomic E-state index is 10.3. The number of carbonyl (C=O) groups is 2. The maximum Gasteiger partial charge on any atom is 2.00 e. The molecule has 0 heterocycles. The van der Waals surface area contributed by atoms with Gasteiger partial charge in [0, 0.05) is 13.8 Å². The number of Topliss-reactive ketones (excluding diaryl/α,β-unsaturated/α-hetero) is 2. The molecule has 21 heavy (non-hydrogen) atoms. The van der Waals surface area contributed by atoms with Crippen LogP contribution in [0.15, 0.2) is 22.9 Å². The molecule has 11 heteroatoms. The molecule has 0 atom stereocenters. The van der Waals surface area contributed by atoms with Crippen molar-refractivity contribution in [3.8, 4) is 0 Å². The van der Waals surface area contributed by atoms with E-state index in [0.717, 1.165) is 27.7 Å². The van der Waals surface area contributed by atoms with E-state index < -0.39 is 44.3 Å². The van der Waals surface area contributed by atoms with Crippen molar-refractivity contribution in [2.45, 2.75) is 27.7 Å². The third-order valence-electron chi connectivity index (χ3n) is 1.70. The topological polar surface area (TPSA) is 167 Å². The number of carbonyl (C=O) groups excluding carboxylic acids is 2. The maximum absolute atomic E-state index is 10.3. The van der Waals surface area contributed by atoms with Crippen LogP contribution in [-0.4, -0.2) is 21.4 Å². The Hall–Kier alpha value is -2.26. The van der Waals surface area contributed by atoms with E-state index in [0.29, 0.717) is 0 Å². The molecule has 0 aliphatic rings. The number of hydrogen-bond acceptors (Lipinski definition) is 8. The van der Waals surface area contributed by atoms with E-state index in [4.69, 9.17) is 0 Å². The van der Waals surface area contributed by atoms with Crippen LogP contribution in [0.1, 0.15) is 27.7 Å². The molecule has 0 spiro atoms. The molecule has 0 aromatic heterocycles. The minimum atomic E-state index is -0.968. The van der Waals surface area contributed by atoms with Crippen molar-refractivity contribution in [1.82, 2.24) is 0 Å². The number of ketones is 2. The second kappa shape index (κ2) is 10.5. The zero-order valence-corrected chi connectivity index (χ0v) is 12.4. The predicted octanol–water partition coefficient (Wildman–Crippen LogP) is -1.11. The fourth-order valence-corrected chi connectivity index (χ4v) is 1.01. The summed E-state index contributed by atoms with van der Waals surface area (Å²) in [5.74, 6) is -3.23. The molecule has 0 aromatic rings. The summed E-state index contributed by atoms with van der Waals surface area (Å²) in [4.78, 5) is 38.5. The van der Waals surface area contributed by atoms with E-state index in [1.165, 1.54) is 0 Å². The largest absolute Gasteiger partial charge is 2.00 e. The van der Waals surface area contributed by atoms with Gasteiger partial charge in [-0.3, -0.25) is 29.8 Å². The van der Waals surface area contributed by atoms with E-state index in [1.807, 2.05) is 0 Å². The molecule has 0 rings (SSSR count). The van der Waals surface area contributed by atoms with Crippen molar-refractivity contribution in [3.05, 3.63) is 43.1 Å². The van der Waals surface area contributed by atoms with Crippen LogP contribution in [0, 0.1) is 20.2 Å². The second-order valence-corrected chi connectivity index (χ2v) is 3.44. The minimum Gasteiger partial charge on any atom is -0.871 e. The molecule has 0 amide bonds. The molecule has 0 N–H and O–H groups in total. The van der Waals surface area contributed by atoms with Crippen LogP contribution in [0.3, 0.4) is 0 Å². The van der Waals surface area contributed by atoms with Crippen LogP contribution in [0.5, 0.6) is 0 Å². The van der Waals surface area contributed by atoms with Gasteiger partial charge in [0.2, 0.25) is 11.6 Å². The Morgan fingerprint density at radius 1 is 0.714 bits per heavy atom. The van der Waals surface area contributed by atoms with Gasteiger partial charge in [-0.25, -0.2) is 0 Å².